The molecule has 94 valence electrons. The molecule has 0 saturated carbocycles. The van der Waals surface area contributed by atoms with Crippen LogP contribution in [0.1, 0.15) is 53.9 Å². The molecule has 0 aromatic rings. The predicted octanol–water partition coefficient (Wildman–Crippen LogP) is 4.01. The van der Waals surface area contributed by atoms with Gasteiger partial charge < -0.3 is 4.74 Å². The largest absolute Gasteiger partial charge is 0.379 e. The Morgan fingerprint density at radius 3 is 2.25 bits per heavy atom. The van der Waals surface area contributed by atoms with Gasteiger partial charge >= 0.3 is 0 Å². The normalized spacial score (nSPS) is 14.1. The van der Waals surface area contributed by atoms with E-state index in [4.69, 9.17) is 4.74 Å². The molecule has 0 unspecified atom stereocenters. The zero-order valence-corrected chi connectivity index (χ0v) is 11.7. The molecule has 0 radical (unpaired) electrons. The third-order valence-corrected chi connectivity index (χ3v) is 2.39. The van der Waals surface area contributed by atoms with Gasteiger partial charge in [-0.05, 0) is 60.0 Å². The first-order chi connectivity index (χ1) is 7.27. The highest BCUT2D eigenvalue weighted by molar-refractivity contribution is 5.71. The van der Waals surface area contributed by atoms with Crippen LogP contribution in [0.5, 0.6) is 0 Å². The van der Waals surface area contributed by atoms with Gasteiger partial charge in [-0.3, -0.25) is 4.99 Å². The maximum atomic E-state index is 5.36. The molecule has 0 heterocycles. The van der Waals surface area contributed by atoms with Gasteiger partial charge in [0.2, 0.25) is 0 Å². The van der Waals surface area contributed by atoms with E-state index in [1.807, 2.05) is 12.3 Å². The van der Waals surface area contributed by atoms with Crippen molar-refractivity contribution in [2.45, 2.75) is 65.0 Å². The molecule has 0 N–H and O–H groups in total. The number of rotatable bonds is 6. The summed E-state index contributed by atoms with van der Waals surface area (Å²) in [6.45, 7) is 10.5. The van der Waals surface area contributed by atoms with Crippen LogP contribution in [0, 0.1) is 0 Å². The van der Waals surface area contributed by atoms with Crippen LogP contribution in [0.3, 0.4) is 0 Å². The maximum Gasteiger partial charge on any atom is 0.0622 e. The summed E-state index contributed by atoms with van der Waals surface area (Å²) in [4.78, 5) is 4.38. The van der Waals surface area contributed by atoms with Crippen LogP contribution in [-0.4, -0.2) is 24.5 Å². The SMILES string of the molecule is COC(C)(C)CCC/C=C/C=NC(C)(C)C. The number of aliphatic imine (C=N–C) groups is 1. The molecule has 0 aliphatic carbocycles. The van der Waals surface area contributed by atoms with E-state index in [-0.39, 0.29) is 11.1 Å². The van der Waals surface area contributed by atoms with E-state index in [1.165, 1.54) is 0 Å². The standard InChI is InChI=1S/C14H27NO/c1-13(2,3)15-12-10-8-7-9-11-14(4,5)16-6/h8,10,12H,7,9,11H2,1-6H3/b10-8+,15-12?. The molecular weight excluding hydrogens is 198 g/mol. The Labute approximate surface area is 101 Å². The van der Waals surface area contributed by atoms with Gasteiger partial charge in [-0.2, -0.15) is 0 Å². The Balaban J connectivity index is 3.68. The van der Waals surface area contributed by atoms with Crippen LogP contribution in [0.2, 0.25) is 0 Å². The molecule has 2 heteroatoms. The molecule has 2 nitrogen and oxygen atoms in total. The molecule has 0 aliphatic heterocycles. The Bertz CT molecular complexity index is 234. The third kappa shape index (κ3) is 9.91. The van der Waals surface area contributed by atoms with Crippen molar-refractivity contribution in [3.05, 3.63) is 12.2 Å². The molecule has 0 aliphatic rings. The summed E-state index contributed by atoms with van der Waals surface area (Å²) < 4.78 is 5.36. The number of ether oxygens (including phenoxy) is 1. The van der Waals surface area contributed by atoms with Gasteiger partial charge in [0.1, 0.15) is 0 Å². The minimum atomic E-state index is 0.00728. The van der Waals surface area contributed by atoms with Crippen molar-refractivity contribution in [2.75, 3.05) is 7.11 Å². The Morgan fingerprint density at radius 1 is 1.12 bits per heavy atom. The van der Waals surface area contributed by atoms with Crippen LogP contribution in [0.4, 0.5) is 0 Å². The average Bonchev–Trinajstić information content (AvgIpc) is 2.14. The second kappa shape index (κ2) is 6.85. The van der Waals surface area contributed by atoms with Crippen molar-refractivity contribution >= 4 is 6.21 Å². The van der Waals surface area contributed by atoms with Crippen molar-refractivity contribution < 1.29 is 4.74 Å². The number of nitrogens with zero attached hydrogens (tertiary/aromatic N) is 1. The average molecular weight is 225 g/mol. The molecule has 0 bridgehead atoms. The Hall–Kier alpha value is -0.630. The number of hydrogen-bond donors (Lipinski definition) is 0. The highest BCUT2D eigenvalue weighted by Crippen LogP contribution is 2.16. The molecule has 0 rings (SSSR count). The second-order valence-electron chi connectivity index (χ2n) is 5.73. The Kier molecular flexibility index (Phi) is 6.58. The second-order valence-corrected chi connectivity index (χ2v) is 5.73. The van der Waals surface area contributed by atoms with Crippen LogP contribution in [0.25, 0.3) is 0 Å². The van der Waals surface area contributed by atoms with Crippen molar-refractivity contribution in [1.82, 2.24) is 0 Å². The number of unbranched alkanes of at least 4 members (excludes halogenated alkanes) is 1. The zero-order valence-electron chi connectivity index (χ0n) is 11.7. The third-order valence-electron chi connectivity index (χ3n) is 2.39. The minimum absolute atomic E-state index is 0.00728. The minimum Gasteiger partial charge on any atom is -0.379 e. The van der Waals surface area contributed by atoms with E-state index in [2.05, 4.69) is 45.7 Å². The summed E-state index contributed by atoms with van der Waals surface area (Å²) in [5.74, 6) is 0. The first-order valence-electron chi connectivity index (χ1n) is 6.02. The van der Waals surface area contributed by atoms with Crippen molar-refractivity contribution in [1.29, 1.82) is 0 Å². The molecule has 16 heavy (non-hydrogen) atoms. The van der Waals surface area contributed by atoms with Crippen LogP contribution in [0.15, 0.2) is 17.1 Å². The summed E-state index contributed by atoms with van der Waals surface area (Å²) in [6.07, 6.45) is 9.42. The van der Waals surface area contributed by atoms with E-state index in [0.29, 0.717) is 0 Å². The maximum absolute atomic E-state index is 5.36. The lowest BCUT2D eigenvalue weighted by atomic mass is 10.0. The van der Waals surface area contributed by atoms with Gasteiger partial charge in [-0.15, -0.1) is 0 Å². The molecule has 0 saturated heterocycles. The van der Waals surface area contributed by atoms with Crippen molar-refractivity contribution in [2.24, 2.45) is 4.99 Å². The zero-order chi connectivity index (χ0) is 12.7. The first kappa shape index (κ1) is 15.4. The van der Waals surface area contributed by atoms with E-state index in [1.54, 1.807) is 7.11 Å². The van der Waals surface area contributed by atoms with Crippen LogP contribution in [-0.2, 0) is 4.74 Å². The topological polar surface area (TPSA) is 21.6 Å². The number of allylic oxidation sites excluding steroid dienone is 2. The van der Waals surface area contributed by atoms with Gasteiger partial charge in [-0.25, -0.2) is 0 Å². The van der Waals surface area contributed by atoms with Crippen LogP contribution < -0.4 is 0 Å². The summed E-state index contributed by atoms with van der Waals surface area (Å²) in [6, 6.07) is 0. The molecular formula is C14H27NO. The lowest BCUT2D eigenvalue weighted by Gasteiger charge is -2.22. The molecule has 0 atom stereocenters. The van der Waals surface area contributed by atoms with Crippen molar-refractivity contribution in [3.8, 4) is 0 Å². The van der Waals surface area contributed by atoms with E-state index in [9.17, 15) is 0 Å². The van der Waals surface area contributed by atoms with Gasteiger partial charge in [0.05, 0.1) is 11.1 Å². The summed E-state index contributed by atoms with van der Waals surface area (Å²) >= 11 is 0. The van der Waals surface area contributed by atoms with E-state index < -0.39 is 0 Å². The molecule has 0 fully saturated rings. The van der Waals surface area contributed by atoms with Gasteiger partial charge in [0, 0.05) is 13.3 Å². The summed E-state index contributed by atoms with van der Waals surface area (Å²) in [5, 5.41) is 0. The monoisotopic (exact) mass is 225 g/mol. The fourth-order valence-corrected chi connectivity index (χ4v) is 1.17. The van der Waals surface area contributed by atoms with E-state index >= 15 is 0 Å². The fraction of sp³-hybridized carbons (Fsp3) is 0.786. The smallest absolute Gasteiger partial charge is 0.0622 e. The first-order valence-corrected chi connectivity index (χ1v) is 6.02. The molecule has 0 amide bonds. The highest BCUT2D eigenvalue weighted by Gasteiger charge is 2.14. The Morgan fingerprint density at radius 2 is 1.75 bits per heavy atom. The van der Waals surface area contributed by atoms with E-state index in [0.717, 1.165) is 19.3 Å². The molecule has 0 aromatic carbocycles. The lowest BCUT2D eigenvalue weighted by molar-refractivity contribution is 0.0141. The quantitative estimate of drug-likeness (QED) is 0.494. The highest BCUT2D eigenvalue weighted by atomic mass is 16.5. The summed E-state index contributed by atoms with van der Waals surface area (Å²) in [7, 11) is 1.77. The molecule has 0 aromatic heterocycles. The molecule has 0 spiro atoms. The lowest BCUT2D eigenvalue weighted by Crippen LogP contribution is -2.21. The predicted molar refractivity (Wildman–Crippen MR) is 72.3 cm³/mol. The summed E-state index contributed by atoms with van der Waals surface area (Å²) in [5.41, 5.74) is 0.0374. The van der Waals surface area contributed by atoms with Gasteiger partial charge in [0.15, 0.2) is 0 Å². The van der Waals surface area contributed by atoms with Crippen LogP contribution >= 0.6 is 0 Å². The van der Waals surface area contributed by atoms with Gasteiger partial charge in [0.25, 0.3) is 0 Å². The van der Waals surface area contributed by atoms with Gasteiger partial charge in [-0.1, -0.05) is 6.08 Å². The number of methoxy groups -OCH3 is 1. The number of hydrogen-bond acceptors (Lipinski definition) is 2. The van der Waals surface area contributed by atoms with Crippen molar-refractivity contribution in [3.63, 3.8) is 0 Å². The fourth-order valence-electron chi connectivity index (χ4n) is 1.17.